The van der Waals surface area contributed by atoms with Crippen LogP contribution in [0, 0.1) is 16.7 Å². The molecule has 1 unspecified atom stereocenters. The van der Waals surface area contributed by atoms with Crippen molar-refractivity contribution in [2.75, 3.05) is 12.4 Å². The number of hydrogen-bond acceptors (Lipinski definition) is 16. The Balaban J connectivity index is 1.52. The van der Waals surface area contributed by atoms with E-state index in [0.29, 0.717) is 5.75 Å². The van der Waals surface area contributed by atoms with Gasteiger partial charge in [-0.25, -0.2) is 9.59 Å². The number of ether oxygens (including phenoxy) is 5. The molecule has 1 aromatic carbocycles. The first kappa shape index (κ1) is 45.0. The van der Waals surface area contributed by atoms with Crippen LogP contribution >= 0.6 is 11.8 Å². The fourth-order valence-electron chi connectivity index (χ4n) is 9.62. The quantitative estimate of drug-likeness (QED) is 0.102. The zero-order chi connectivity index (χ0) is 43.9. The molecule has 2 heterocycles. The smallest absolute Gasteiger partial charge is 0.338 e. The summed E-state index contributed by atoms with van der Waals surface area (Å²) >= 11 is 0.964. The van der Waals surface area contributed by atoms with Crippen molar-refractivity contribution in [3.8, 4) is 0 Å². The fourth-order valence-corrected chi connectivity index (χ4v) is 10.4. The minimum atomic E-state index is -2.39. The van der Waals surface area contributed by atoms with E-state index in [1.165, 1.54) is 44.4 Å². The maximum Gasteiger partial charge on any atom is 0.338 e. The van der Waals surface area contributed by atoms with Crippen LogP contribution in [0.3, 0.4) is 0 Å². The number of amides is 1. The number of hydrogen-bond donors (Lipinski definition) is 4. The number of unbranched alkanes of at least 4 members (excludes halogenated alkanes) is 1. The van der Waals surface area contributed by atoms with Gasteiger partial charge in [-0.1, -0.05) is 57.2 Å². The molecule has 4 aliphatic rings. The molecule has 4 N–H and O–H groups in total. The first-order valence-corrected chi connectivity index (χ1v) is 21.0. The molecular weight excluding hydrogens is 803 g/mol. The lowest BCUT2D eigenvalue weighted by atomic mass is 9.44. The Morgan fingerprint density at radius 2 is 1.70 bits per heavy atom. The molecule has 60 heavy (non-hydrogen) atoms. The van der Waals surface area contributed by atoms with Crippen molar-refractivity contribution in [3.05, 3.63) is 71.2 Å². The van der Waals surface area contributed by atoms with Gasteiger partial charge in [0.15, 0.2) is 23.6 Å². The fraction of sp³-hybridized carbons (Fsp3) is 0.581. The van der Waals surface area contributed by atoms with E-state index in [9.17, 15) is 39.3 Å². The number of esters is 4. The van der Waals surface area contributed by atoms with E-state index in [0.717, 1.165) is 38.5 Å². The third-order valence-electron chi connectivity index (χ3n) is 12.9. The highest BCUT2D eigenvalue weighted by Crippen LogP contribution is 2.64. The van der Waals surface area contributed by atoms with E-state index in [1.54, 1.807) is 32.0 Å². The number of furan rings is 1. The summed E-state index contributed by atoms with van der Waals surface area (Å²) in [5.41, 5.74) is -7.63. The number of rotatable bonds is 12. The number of benzene rings is 1. The average molecular weight is 856 g/mol. The van der Waals surface area contributed by atoms with Gasteiger partial charge in [0.2, 0.25) is 0 Å². The van der Waals surface area contributed by atoms with Crippen molar-refractivity contribution < 1.29 is 72.2 Å². The molecule has 3 fully saturated rings. The lowest BCUT2D eigenvalue weighted by molar-refractivity contribution is -0.346. The first-order valence-electron chi connectivity index (χ1n) is 20.0. The molecule has 6 rings (SSSR count). The second kappa shape index (κ2) is 17.1. The van der Waals surface area contributed by atoms with E-state index in [2.05, 4.69) is 5.32 Å². The van der Waals surface area contributed by atoms with E-state index in [4.69, 9.17) is 28.1 Å². The topological polar surface area (TPSA) is 234 Å². The Labute approximate surface area is 351 Å². The first-order chi connectivity index (χ1) is 28.2. The summed E-state index contributed by atoms with van der Waals surface area (Å²) in [6.45, 7) is 9.91. The summed E-state index contributed by atoms with van der Waals surface area (Å²) in [4.78, 5) is 82.6. The number of Topliss-reactive ketones (excluding diaryl/α,β-unsaturated/α-hetero) is 1. The van der Waals surface area contributed by atoms with Gasteiger partial charge >= 0.3 is 23.9 Å². The molecule has 1 aliphatic heterocycles. The van der Waals surface area contributed by atoms with E-state index >= 15 is 4.79 Å². The van der Waals surface area contributed by atoms with Gasteiger partial charge in [0.25, 0.3) is 5.24 Å². The highest BCUT2D eigenvalue weighted by atomic mass is 32.2. The summed E-state index contributed by atoms with van der Waals surface area (Å²) < 4.78 is 35.6. The third kappa shape index (κ3) is 7.67. The maximum atomic E-state index is 15.4. The molecule has 2 bridgehead atoms. The molecule has 2 aromatic rings. The van der Waals surface area contributed by atoms with Gasteiger partial charge in [-0.3, -0.25) is 19.2 Å². The van der Waals surface area contributed by atoms with Crippen LogP contribution in [0.15, 0.2) is 64.3 Å². The molecule has 0 spiro atoms. The second-order valence-corrected chi connectivity index (χ2v) is 17.8. The van der Waals surface area contributed by atoms with Gasteiger partial charge in [-0.15, -0.1) is 0 Å². The minimum Gasteiger partial charge on any atom is -0.467 e. The molecule has 17 heteroatoms. The van der Waals surface area contributed by atoms with Crippen molar-refractivity contribution in [2.45, 2.75) is 128 Å². The SMILES string of the molecule is CCCCSC(=O)N[C@@H](c1ccco1)[C@@H](O)C(=O)O[C@H]1C[C@@]2(O)C(OC(=O)c3ccccc3)[C@@H]3[C@]4(OC(C)=O)CO[C@@H]4C[C@H](O)[C@@]3(C)C(=O)[C@H](OC(C)=O)C(=C1C)C2(C)C. The maximum absolute atomic E-state index is 15.4. The molecule has 2 saturated carbocycles. The van der Waals surface area contributed by atoms with Crippen LogP contribution in [0.25, 0.3) is 0 Å². The number of thioether (sulfide) groups is 1. The molecule has 1 saturated heterocycles. The zero-order valence-electron chi connectivity index (χ0n) is 34.6. The predicted octanol–water partition coefficient (Wildman–Crippen LogP) is 4.14. The standard InChI is InChI=1S/C43H53NO15S/c1-8-9-18-60-39(52)44-31(26-16-13-17-54-26)32(48)38(51)57-27-20-43(53)36(58-37(50)25-14-11-10-12-15-25)34-41(7,28(47)19-29-42(34,21-55-29)59-24(4)46)35(49)33(56-23(3)45)30(22(27)2)40(43,5)6/h10-17,27-29,31-34,36,47-48,53H,8-9,18-21H2,1-7H3,(H,44,52)/t27-,28-,29+,31-,32+,33+,34-,36?,41+,42-,43+/m0/s1. The molecule has 326 valence electrons. The van der Waals surface area contributed by atoms with Gasteiger partial charge in [-0.2, -0.15) is 0 Å². The van der Waals surface area contributed by atoms with Crippen LogP contribution in [0.4, 0.5) is 4.79 Å². The Morgan fingerprint density at radius 1 is 1.00 bits per heavy atom. The second-order valence-electron chi connectivity index (χ2n) is 16.8. The Kier molecular flexibility index (Phi) is 12.8. The van der Waals surface area contributed by atoms with Crippen LogP contribution in [-0.2, 0) is 42.9 Å². The molecule has 0 radical (unpaired) electrons. The van der Waals surface area contributed by atoms with E-state index < -0.39 is 112 Å². The van der Waals surface area contributed by atoms with E-state index in [-0.39, 0.29) is 35.5 Å². The Hall–Kier alpha value is -4.55. The van der Waals surface area contributed by atoms with Gasteiger partial charge in [0, 0.05) is 37.9 Å². The van der Waals surface area contributed by atoms with Crippen molar-refractivity contribution >= 4 is 46.7 Å². The summed E-state index contributed by atoms with van der Waals surface area (Å²) in [5, 5.41) is 39.3. The minimum absolute atomic E-state index is 0.00638. The van der Waals surface area contributed by atoms with Crippen molar-refractivity contribution in [2.24, 2.45) is 16.7 Å². The van der Waals surface area contributed by atoms with Gasteiger partial charge in [0.1, 0.15) is 35.7 Å². The van der Waals surface area contributed by atoms with Crippen LogP contribution < -0.4 is 5.32 Å². The monoisotopic (exact) mass is 855 g/mol. The van der Waals surface area contributed by atoms with E-state index in [1.807, 2.05) is 6.92 Å². The summed E-state index contributed by atoms with van der Waals surface area (Å²) in [7, 11) is 0. The average Bonchev–Trinajstić information content (AvgIpc) is 3.73. The normalized spacial score (nSPS) is 32.7. The zero-order valence-corrected chi connectivity index (χ0v) is 35.4. The molecule has 11 atom stereocenters. The Morgan fingerprint density at radius 3 is 2.28 bits per heavy atom. The summed E-state index contributed by atoms with van der Waals surface area (Å²) in [6.07, 6.45) is -7.64. The van der Waals surface area contributed by atoms with Crippen LogP contribution in [-0.4, -0.2) is 110 Å². The number of ketones is 1. The lowest BCUT2D eigenvalue weighted by Crippen LogP contribution is -2.82. The number of aliphatic hydroxyl groups is 3. The largest absolute Gasteiger partial charge is 0.467 e. The van der Waals surface area contributed by atoms with Crippen LogP contribution in [0.5, 0.6) is 0 Å². The highest BCUT2D eigenvalue weighted by molar-refractivity contribution is 8.13. The number of carbonyl (C=O) groups excluding carboxylic acids is 6. The highest BCUT2D eigenvalue weighted by Gasteiger charge is 2.78. The Bertz CT molecular complexity index is 2020. The van der Waals surface area contributed by atoms with Crippen molar-refractivity contribution in [1.29, 1.82) is 0 Å². The van der Waals surface area contributed by atoms with Crippen molar-refractivity contribution in [1.82, 2.24) is 5.32 Å². The van der Waals surface area contributed by atoms with Crippen LogP contribution in [0.1, 0.15) is 96.3 Å². The van der Waals surface area contributed by atoms with Crippen LogP contribution in [0.2, 0.25) is 0 Å². The van der Waals surface area contributed by atoms with Gasteiger partial charge in [0.05, 0.1) is 35.9 Å². The lowest BCUT2D eigenvalue weighted by Gasteiger charge is -2.67. The van der Waals surface area contributed by atoms with Gasteiger partial charge < -0.3 is 48.7 Å². The summed E-state index contributed by atoms with van der Waals surface area (Å²) in [6, 6.07) is 9.39. The number of nitrogens with one attached hydrogen (secondary N) is 1. The molecular formula is C43H53NO15S. The van der Waals surface area contributed by atoms with Crippen molar-refractivity contribution in [3.63, 3.8) is 0 Å². The number of fused-ring (bicyclic) bond motifs is 5. The molecule has 1 aromatic heterocycles. The molecule has 16 nitrogen and oxygen atoms in total. The number of aliphatic hydroxyl groups excluding tert-OH is 2. The summed E-state index contributed by atoms with van der Waals surface area (Å²) in [5.74, 6) is -5.74. The predicted molar refractivity (Wildman–Crippen MR) is 212 cm³/mol. The number of carbonyl (C=O) groups is 6. The molecule has 1 amide bonds. The molecule has 3 aliphatic carbocycles. The van der Waals surface area contributed by atoms with Gasteiger partial charge in [-0.05, 0) is 55.7 Å². The third-order valence-corrected chi connectivity index (χ3v) is 13.7.